The summed E-state index contributed by atoms with van der Waals surface area (Å²) in [7, 11) is -3.72. The predicted octanol–water partition coefficient (Wildman–Crippen LogP) is 2.04. The number of rotatable bonds is 8. The summed E-state index contributed by atoms with van der Waals surface area (Å²) < 4.78 is 27.5. The van der Waals surface area contributed by atoms with Gasteiger partial charge in [0.1, 0.15) is 0 Å². The third-order valence-corrected chi connectivity index (χ3v) is 5.79. The van der Waals surface area contributed by atoms with E-state index in [1.807, 2.05) is 13.0 Å². The maximum atomic E-state index is 12.5. The molecule has 0 atom stereocenters. The second kappa shape index (κ2) is 9.48. The lowest BCUT2D eigenvalue weighted by molar-refractivity contribution is -0.124. The molecule has 28 heavy (non-hydrogen) atoms. The number of carbonyl (C=O) groups excluding carboxylic acids is 2. The van der Waals surface area contributed by atoms with Gasteiger partial charge in [-0.05, 0) is 44.0 Å². The molecule has 8 heteroatoms. The van der Waals surface area contributed by atoms with Crippen LogP contribution >= 0.6 is 0 Å². The second-order valence-corrected chi connectivity index (χ2v) is 8.27. The SMILES string of the molecule is Cc1cc(C)c(S(=O)(=O)NCCC(=O)NCC(=O)Nc2ccccc2)c(C)c1. The fourth-order valence-corrected chi connectivity index (χ4v) is 4.44. The highest BCUT2D eigenvalue weighted by atomic mass is 32.2. The van der Waals surface area contributed by atoms with Gasteiger partial charge in [-0.3, -0.25) is 9.59 Å². The van der Waals surface area contributed by atoms with Gasteiger partial charge in [-0.1, -0.05) is 35.9 Å². The molecule has 0 aliphatic heterocycles. The van der Waals surface area contributed by atoms with Gasteiger partial charge in [0.05, 0.1) is 11.4 Å². The fraction of sp³-hybridized carbons (Fsp3) is 0.300. The fourth-order valence-electron chi connectivity index (χ4n) is 2.96. The van der Waals surface area contributed by atoms with Crippen molar-refractivity contribution in [1.82, 2.24) is 10.0 Å². The third kappa shape index (κ3) is 6.17. The lowest BCUT2D eigenvalue weighted by atomic mass is 10.1. The lowest BCUT2D eigenvalue weighted by Gasteiger charge is -2.13. The van der Waals surface area contributed by atoms with Gasteiger partial charge in [-0.25, -0.2) is 13.1 Å². The number of benzene rings is 2. The highest BCUT2D eigenvalue weighted by molar-refractivity contribution is 7.89. The Kier molecular flexibility index (Phi) is 7.31. The van der Waals surface area contributed by atoms with E-state index in [1.165, 1.54) is 0 Å². The lowest BCUT2D eigenvalue weighted by Crippen LogP contribution is -2.35. The van der Waals surface area contributed by atoms with Crippen molar-refractivity contribution in [3.05, 3.63) is 59.2 Å². The molecule has 2 aromatic carbocycles. The van der Waals surface area contributed by atoms with E-state index in [9.17, 15) is 18.0 Å². The first-order chi connectivity index (χ1) is 13.2. The van der Waals surface area contributed by atoms with Crippen LogP contribution in [0.1, 0.15) is 23.1 Å². The number of hydrogen-bond acceptors (Lipinski definition) is 4. The van der Waals surface area contributed by atoms with Gasteiger partial charge in [0.2, 0.25) is 21.8 Å². The van der Waals surface area contributed by atoms with Crippen LogP contribution in [0.5, 0.6) is 0 Å². The van der Waals surface area contributed by atoms with Gasteiger partial charge >= 0.3 is 0 Å². The zero-order valence-electron chi connectivity index (χ0n) is 16.2. The van der Waals surface area contributed by atoms with Gasteiger partial charge in [0.15, 0.2) is 0 Å². The van der Waals surface area contributed by atoms with Gasteiger partial charge < -0.3 is 10.6 Å². The Labute approximate surface area is 165 Å². The summed E-state index contributed by atoms with van der Waals surface area (Å²) in [4.78, 5) is 23.9. The van der Waals surface area contributed by atoms with Crippen molar-refractivity contribution in [3.8, 4) is 0 Å². The van der Waals surface area contributed by atoms with Crippen LogP contribution in [0.3, 0.4) is 0 Å². The van der Waals surface area contributed by atoms with E-state index in [-0.39, 0.29) is 30.3 Å². The van der Waals surface area contributed by atoms with Crippen molar-refractivity contribution in [2.24, 2.45) is 0 Å². The molecule has 0 spiro atoms. The zero-order valence-corrected chi connectivity index (χ0v) is 17.0. The number of carbonyl (C=O) groups is 2. The first kappa shape index (κ1) is 21.6. The minimum atomic E-state index is -3.72. The topological polar surface area (TPSA) is 104 Å². The van der Waals surface area contributed by atoms with Crippen LogP contribution in [0.15, 0.2) is 47.4 Å². The second-order valence-electron chi connectivity index (χ2n) is 6.57. The molecular weight excluding hydrogens is 378 g/mol. The molecule has 2 aromatic rings. The average molecular weight is 404 g/mol. The van der Waals surface area contributed by atoms with Crippen LogP contribution in [0.4, 0.5) is 5.69 Å². The number of nitrogens with one attached hydrogen (secondary N) is 3. The van der Waals surface area contributed by atoms with E-state index in [0.717, 1.165) is 5.56 Å². The Morgan fingerprint density at radius 2 is 1.54 bits per heavy atom. The number of sulfonamides is 1. The average Bonchev–Trinajstić information content (AvgIpc) is 2.59. The molecule has 2 rings (SSSR count). The van der Waals surface area contributed by atoms with Crippen LogP contribution in [-0.2, 0) is 19.6 Å². The molecule has 0 unspecified atom stereocenters. The molecule has 0 aliphatic rings. The molecule has 0 radical (unpaired) electrons. The van der Waals surface area contributed by atoms with Crippen molar-refractivity contribution >= 4 is 27.5 Å². The van der Waals surface area contributed by atoms with Crippen LogP contribution in [0, 0.1) is 20.8 Å². The molecule has 0 aromatic heterocycles. The number of aryl methyl sites for hydroxylation is 3. The van der Waals surface area contributed by atoms with Crippen LogP contribution in [0.25, 0.3) is 0 Å². The van der Waals surface area contributed by atoms with Crippen molar-refractivity contribution in [2.45, 2.75) is 32.1 Å². The highest BCUT2D eigenvalue weighted by Crippen LogP contribution is 2.21. The third-order valence-electron chi connectivity index (χ3n) is 4.02. The minimum absolute atomic E-state index is 0.0543. The summed E-state index contributed by atoms with van der Waals surface area (Å²) in [5.41, 5.74) is 2.94. The van der Waals surface area contributed by atoms with Crippen LogP contribution < -0.4 is 15.4 Å². The Morgan fingerprint density at radius 3 is 2.14 bits per heavy atom. The standard InChI is InChI=1S/C20H25N3O4S/c1-14-11-15(2)20(16(3)12-14)28(26,27)22-10-9-18(24)21-13-19(25)23-17-7-5-4-6-8-17/h4-8,11-12,22H,9-10,13H2,1-3H3,(H,21,24)(H,23,25). The van der Waals surface area contributed by atoms with Crippen molar-refractivity contribution < 1.29 is 18.0 Å². The smallest absolute Gasteiger partial charge is 0.243 e. The molecule has 3 N–H and O–H groups in total. The number of amides is 2. The summed E-state index contributed by atoms with van der Waals surface area (Å²) in [6, 6.07) is 12.5. The Morgan fingerprint density at radius 1 is 0.929 bits per heavy atom. The molecule has 2 amide bonds. The highest BCUT2D eigenvalue weighted by Gasteiger charge is 2.19. The molecule has 7 nitrogen and oxygen atoms in total. The normalized spacial score (nSPS) is 11.1. The first-order valence-electron chi connectivity index (χ1n) is 8.88. The Balaban J connectivity index is 1.81. The molecule has 0 saturated heterocycles. The molecule has 0 bridgehead atoms. The molecule has 0 fully saturated rings. The first-order valence-corrected chi connectivity index (χ1v) is 10.4. The Bertz CT molecular complexity index is 934. The monoisotopic (exact) mass is 403 g/mol. The molecule has 0 saturated carbocycles. The summed E-state index contributed by atoms with van der Waals surface area (Å²) >= 11 is 0. The number of anilines is 1. The van der Waals surface area contributed by atoms with Crippen LogP contribution in [0.2, 0.25) is 0 Å². The van der Waals surface area contributed by atoms with E-state index >= 15 is 0 Å². The summed E-state index contributed by atoms with van der Waals surface area (Å²) in [6.07, 6.45) is -0.0677. The maximum absolute atomic E-state index is 12.5. The predicted molar refractivity (Wildman–Crippen MR) is 109 cm³/mol. The molecular formula is C20H25N3O4S. The van der Waals surface area contributed by atoms with Gasteiger partial charge in [-0.2, -0.15) is 0 Å². The van der Waals surface area contributed by atoms with E-state index < -0.39 is 15.9 Å². The van der Waals surface area contributed by atoms with E-state index in [4.69, 9.17) is 0 Å². The number of hydrogen-bond donors (Lipinski definition) is 3. The molecule has 0 heterocycles. The van der Waals surface area contributed by atoms with E-state index in [2.05, 4.69) is 15.4 Å². The molecule has 150 valence electrons. The van der Waals surface area contributed by atoms with Crippen LogP contribution in [-0.4, -0.2) is 33.3 Å². The largest absolute Gasteiger partial charge is 0.347 e. The maximum Gasteiger partial charge on any atom is 0.243 e. The number of para-hydroxylation sites is 1. The van der Waals surface area contributed by atoms with Crippen molar-refractivity contribution in [1.29, 1.82) is 0 Å². The summed E-state index contributed by atoms with van der Waals surface area (Å²) in [5, 5.41) is 5.12. The summed E-state index contributed by atoms with van der Waals surface area (Å²) in [6.45, 7) is 5.15. The van der Waals surface area contributed by atoms with Crippen molar-refractivity contribution in [3.63, 3.8) is 0 Å². The van der Waals surface area contributed by atoms with E-state index in [1.54, 1.807) is 50.2 Å². The van der Waals surface area contributed by atoms with Gasteiger partial charge in [-0.15, -0.1) is 0 Å². The van der Waals surface area contributed by atoms with Gasteiger partial charge in [0.25, 0.3) is 0 Å². The quantitative estimate of drug-likeness (QED) is 0.627. The molecule has 0 aliphatic carbocycles. The van der Waals surface area contributed by atoms with E-state index in [0.29, 0.717) is 16.8 Å². The summed E-state index contributed by atoms with van der Waals surface area (Å²) in [5.74, 6) is -0.769. The Hall–Kier alpha value is -2.71. The van der Waals surface area contributed by atoms with Crippen molar-refractivity contribution in [2.75, 3.05) is 18.4 Å². The zero-order chi connectivity index (χ0) is 20.7. The van der Waals surface area contributed by atoms with Gasteiger partial charge in [0, 0.05) is 18.7 Å². The minimum Gasteiger partial charge on any atom is -0.347 e.